The minimum atomic E-state index is -5.76. The first-order valence-corrected chi connectivity index (χ1v) is 16.6. The lowest BCUT2D eigenvalue weighted by Gasteiger charge is -2.72. The molecule has 0 aliphatic heterocycles. The lowest BCUT2D eigenvalue weighted by Crippen LogP contribution is -2.67. The van der Waals surface area contributed by atoms with Gasteiger partial charge in [0.15, 0.2) is 0 Å². The summed E-state index contributed by atoms with van der Waals surface area (Å²) in [6.45, 7) is 17.4. The Kier molecular flexibility index (Phi) is 7.93. The fourth-order valence-electron chi connectivity index (χ4n) is 12.4. The number of carbonyl (C=O) groups is 3. The van der Waals surface area contributed by atoms with E-state index in [0.29, 0.717) is 31.6 Å². The van der Waals surface area contributed by atoms with Crippen LogP contribution in [-0.2, 0) is 19.1 Å². The van der Waals surface area contributed by atoms with Gasteiger partial charge in [0.05, 0.1) is 11.8 Å². The van der Waals surface area contributed by atoms with Crippen molar-refractivity contribution < 1.29 is 46.9 Å². The molecule has 5 fully saturated rings. The van der Waals surface area contributed by atoms with Crippen molar-refractivity contribution >= 4 is 17.9 Å². The second kappa shape index (κ2) is 10.4. The van der Waals surface area contributed by atoms with Crippen LogP contribution in [0.5, 0.6) is 0 Å². The van der Waals surface area contributed by atoms with E-state index in [1.807, 2.05) is 20.8 Å². The van der Waals surface area contributed by atoms with Gasteiger partial charge in [0.25, 0.3) is 0 Å². The highest BCUT2D eigenvalue weighted by atomic mass is 19.4. The van der Waals surface area contributed by atoms with Gasteiger partial charge in [0.1, 0.15) is 6.10 Å². The molecule has 0 aromatic carbocycles. The molecule has 5 aliphatic rings. The molecule has 0 radical (unpaired) electrons. The Hall–Kier alpha value is -2.13. The number of carboxylic acid groups (broad SMARTS) is 2. The van der Waals surface area contributed by atoms with Gasteiger partial charge in [-0.15, -0.1) is 0 Å². The molecule has 0 bridgehead atoms. The number of fused-ring (bicyclic) bond motifs is 7. The van der Waals surface area contributed by atoms with Gasteiger partial charge in [0, 0.05) is 5.41 Å². The zero-order chi connectivity index (χ0) is 33.8. The van der Waals surface area contributed by atoms with Crippen LogP contribution < -0.4 is 0 Å². The minimum absolute atomic E-state index is 0.0599. The molecule has 7 unspecified atom stereocenters. The van der Waals surface area contributed by atoms with E-state index in [-0.39, 0.29) is 39.9 Å². The molecule has 45 heavy (non-hydrogen) atoms. The summed E-state index contributed by atoms with van der Waals surface area (Å²) >= 11 is 0. The van der Waals surface area contributed by atoms with Crippen LogP contribution in [0.1, 0.15) is 112 Å². The third-order valence-electron chi connectivity index (χ3n) is 14.9. The predicted octanol–water partition coefficient (Wildman–Crippen LogP) is 8.39. The van der Waals surface area contributed by atoms with Gasteiger partial charge in [-0.25, -0.2) is 9.18 Å². The Morgan fingerprint density at radius 3 is 2.02 bits per heavy atom. The van der Waals surface area contributed by atoms with Crippen LogP contribution in [0.15, 0.2) is 12.2 Å². The van der Waals surface area contributed by atoms with Crippen molar-refractivity contribution in [3.05, 3.63) is 12.2 Å². The van der Waals surface area contributed by atoms with Crippen LogP contribution in [0.25, 0.3) is 0 Å². The number of halogens is 4. The quantitative estimate of drug-likeness (QED) is 0.172. The van der Waals surface area contributed by atoms with E-state index in [1.165, 1.54) is 0 Å². The first-order chi connectivity index (χ1) is 20.5. The van der Waals surface area contributed by atoms with Gasteiger partial charge in [-0.3, -0.25) is 9.59 Å². The van der Waals surface area contributed by atoms with E-state index in [1.54, 1.807) is 0 Å². The first-order valence-electron chi connectivity index (χ1n) is 16.6. The highest BCUT2D eigenvalue weighted by molar-refractivity contribution is 5.85. The van der Waals surface area contributed by atoms with E-state index in [9.17, 15) is 37.1 Å². The Morgan fingerprint density at radius 2 is 1.47 bits per heavy atom. The molecule has 11 atom stereocenters. The van der Waals surface area contributed by atoms with Crippen LogP contribution in [0.3, 0.4) is 0 Å². The van der Waals surface area contributed by atoms with Gasteiger partial charge in [0.2, 0.25) is 0 Å². The molecule has 6 nitrogen and oxygen atoms in total. The van der Waals surface area contributed by atoms with E-state index in [4.69, 9.17) is 9.84 Å². The van der Waals surface area contributed by atoms with Crippen molar-refractivity contribution in [2.45, 2.75) is 130 Å². The van der Waals surface area contributed by atoms with Crippen molar-refractivity contribution in [3.63, 3.8) is 0 Å². The number of alkyl halides is 4. The number of rotatable bonds is 6. The molecule has 0 aromatic rings. The van der Waals surface area contributed by atoms with E-state index < -0.39 is 53.1 Å². The number of carbonyl (C=O) groups excluding carboxylic acids is 1. The van der Waals surface area contributed by atoms with Crippen LogP contribution in [0, 0.1) is 56.7 Å². The average molecular weight is 643 g/mol. The topological polar surface area (TPSA) is 101 Å². The van der Waals surface area contributed by atoms with E-state index >= 15 is 0 Å². The van der Waals surface area contributed by atoms with Crippen molar-refractivity contribution in [2.75, 3.05) is 0 Å². The Labute approximate surface area is 263 Å². The Morgan fingerprint density at radius 1 is 0.822 bits per heavy atom. The van der Waals surface area contributed by atoms with Gasteiger partial charge in [-0.2, -0.15) is 13.2 Å². The summed E-state index contributed by atoms with van der Waals surface area (Å²) in [5, 5.41) is 19.5. The summed E-state index contributed by atoms with van der Waals surface area (Å²) in [6, 6.07) is 0. The van der Waals surface area contributed by atoms with Crippen LogP contribution >= 0.6 is 0 Å². The zero-order valence-electron chi connectivity index (χ0n) is 27.5. The van der Waals surface area contributed by atoms with Gasteiger partial charge >= 0.3 is 29.8 Å². The fourth-order valence-corrected chi connectivity index (χ4v) is 12.4. The van der Waals surface area contributed by atoms with Crippen molar-refractivity contribution in [3.8, 4) is 0 Å². The number of carboxylic acids is 2. The summed E-state index contributed by atoms with van der Waals surface area (Å²) in [5.41, 5.74) is -5.26. The smallest absolute Gasteiger partial charge is 0.434 e. The molecule has 2 N–H and O–H groups in total. The summed E-state index contributed by atoms with van der Waals surface area (Å²) in [7, 11) is 0. The molecule has 5 saturated carbocycles. The number of hydrogen-bond acceptors (Lipinski definition) is 4. The van der Waals surface area contributed by atoms with Crippen molar-refractivity contribution in [1.29, 1.82) is 0 Å². The van der Waals surface area contributed by atoms with Crippen molar-refractivity contribution in [1.82, 2.24) is 0 Å². The predicted molar refractivity (Wildman–Crippen MR) is 159 cm³/mol. The van der Waals surface area contributed by atoms with Crippen LogP contribution in [0.2, 0.25) is 0 Å². The van der Waals surface area contributed by atoms with E-state index in [0.717, 1.165) is 44.1 Å². The van der Waals surface area contributed by atoms with Crippen LogP contribution in [-0.4, -0.2) is 46.1 Å². The number of hydrogen-bond donors (Lipinski definition) is 2. The first kappa shape index (κ1) is 34.2. The second-order valence-electron chi connectivity index (χ2n) is 16.8. The molecule has 5 aliphatic carbocycles. The van der Waals surface area contributed by atoms with Gasteiger partial charge in [-0.05, 0) is 117 Å². The molecule has 10 heteroatoms. The number of ether oxygens (including phenoxy) is 1. The third kappa shape index (κ3) is 4.56. The maximum atomic E-state index is 14.5. The fraction of sp³-hybridized carbons (Fsp3) is 0.857. The Balaban J connectivity index is 1.41. The number of allylic oxidation sites excluding steroid dienone is 1. The monoisotopic (exact) mass is 642 g/mol. The highest BCUT2D eigenvalue weighted by Gasteiger charge is 2.72. The van der Waals surface area contributed by atoms with Gasteiger partial charge in [-0.1, -0.05) is 46.8 Å². The lowest BCUT2D eigenvalue weighted by molar-refractivity contribution is -0.254. The van der Waals surface area contributed by atoms with Gasteiger partial charge < -0.3 is 14.9 Å². The molecule has 0 heterocycles. The molecule has 0 aromatic heterocycles. The minimum Gasteiger partial charge on any atom is -0.481 e. The third-order valence-corrected chi connectivity index (χ3v) is 14.9. The zero-order valence-corrected chi connectivity index (χ0v) is 27.5. The number of aliphatic carboxylic acids is 2. The summed E-state index contributed by atoms with van der Waals surface area (Å²) in [4.78, 5) is 36.7. The summed E-state index contributed by atoms with van der Waals surface area (Å²) in [6.07, 6.45) is -0.693. The highest BCUT2D eigenvalue weighted by Crippen LogP contribution is 2.77. The largest absolute Gasteiger partial charge is 0.481 e. The second-order valence-corrected chi connectivity index (χ2v) is 16.8. The molecule has 0 spiro atoms. The molecular formula is C35H50F4O6. The average Bonchev–Trinajstić information content (AvgIpc) is 3.31. The van der Waals surface area contributed by atoms with E-state index in [2.05, 4.69) is 27.4 Å². The molecule has 0 saturated heterocycles. The molecular weight excluding hydrogens is 592 g/mol. The maximum Gasteiger partial charge on any atom is 0.434 e. The molecule has 5 rings (SSSR count). The van der Waals surface area contributed by atoms with Crippen LogP contribution in [0.4, 0.5) is 17.6 Å². The maximum absolute atomic E-state index is 14.5. The standard InChI is InChI=1S/C35H50F4O6/c1-19(2)20-10-15-33(27(41)42)17-16-31(6)21(26(20)33)8-9-23-30(5)13-12-24(29(3,4)22(30)11-14-32(23,31)7)45-25(40)18-34(36,28(43)44)35(37,38)39/h20-24,26H,1,8-18H2,2-7H3,(H,41,42)(H,43,44)/t20-,21?,22?,23?,24?,26?,30+,31+,32-,33?,34?/m1/s1. The molecule has 254 valence electrons. The lowest BCUT2D eigenvalue weighted by atomic mass is 9.32. The molecule has 0 amide bonds. The van der Waals surface area contributed by atoms with Crippen molar-refractivity contribution in [2.24, 2.45) is 56.7 Å². The summed E-state index contributed by atoms with van der Waals surface area (Å²) < 4.78 is 59.8. The SMILES string of the molecule is C=C(C)[C@H]1CCC2(C(=O)O)CC[C@@]3(C)C(CCC4[C@@]5(C)CCC(OC(=O)CC(F)(C(=O)O)C(F)(F)F)C(C)(C)C5CC[C@]43C)C12. The normalized spacial score (nSPS) is 45.1. The number of esters is 1. The summed E-state index contributed by atoms with van der Waals surface area (Å²) in [5.74, 6) is -4.01. The Bertz CT molecular complexity index is 1280.